The van der Waals surface area contributed by atoms with Crippen LogP contribution >= 0.6 is 0 Å². The van der Waals surface area contributed by atoms with E-state index >= 15 is 0 Å². The van der Waals surface area contributed by atoms with Gasteiger partial charge in [0.2, 0.25) is 5.91 Å². The van der Waals surface area contributed by atoms with Gasteiger partial charge in [0.15, 0.2) is 0 Å². The van der Waals surface area contributed by atoms with Gasteiger partial charge in [-0.25, -0.2) is 4.39 Å². The molecule has 2 aromatic carbocycles. The highest BCUT2D eigenvalue weighted by Gasteiger charge is 2.18. The Kier molecular flexibility index (Phi) is 7.57. The van der Waals surface area contributed by atoms with Crippen LogP contribution in [-0.4, -0.2) is 38.1 Å². The summed E-state index contributed by atoms with van der Waals surface area (Å²) in [6.07, 6.45) is -0.256. The minimum absolute atomic E-state index is 0.256. The minimum Gasteiger partial charge on any atom is -0.544 e. The average Bonchev–Trinajstić information content (AvgIpc) is 2.66. The number of para-hydroxylation sites is 2. The van der Waals surface area contributed by atoms with E-state index in [4.69, 9.17) is 4.74 Å². The Morgan fingerprint density at radius 3 is 2.56 bits per heavy atom. The third-order valence-electron chi connectivity index (χ3n) is 3.85. The first-order valence-corrected chi connectivity index (χ1v) is 8.46. The van der Waals surface area contributed by atoms with Crippen molar-refractivity contribution in [1.29, 1.82) is 0 Å². The second-order valence-corrected chi connectivity index (χ2v) is 5.84. The maximum Gasteiger partial charge on any atom is 0.230 e. The van der Waals surface area contributed by atoms with Gasteiger partial charge in [0.25, 0.3) is 0 Å². The van der Waals surface area contributed by atoms with Gasteiger partial charge in [-0.15, -0.1) is 0 Å². The van der Waals surface area contributed by atoms with Gasteiger partial charge in [0.05, 0.1) is 38.3 Å². The fourth-order valence-electron chi connectivity index (χ4n) is 2.49. The second kappa shape index (κ2) is 10.1. The number of aliphatic carboxylic acids is 1. The van der Waals surface area contributed by atoms with Crippen molar-refractivity contribution in [2.24, 2.45) is 0 Å². The molecule has 4 N–H and O–H groups in total. The van der Waals surface area contributed by atoms with Crippen molar-refractivity contribution in [2.75, 3.05) is 30.8 Å². The molecule has 2 rings (SSSR count). The molecule has 0 unspecified atom stereocenters. The van der Waals surface area contributed by atoms with Gasteiger partial charge in [-0.2, -0.15) is 0 Å². The maximum absolute atomic E-state index is 12.9. The standard InChI is InChI=1S/C19H22FN3O4/c1-27-17-5-3-2-4-15(17)21-10-11-22-16(19(25)26)12-18(24)23-14-8-6-13(20)7-9-14/h2-9,16,21-22H,10-12H2,1H3,(H,23,24)(H,25,26)/t16-/m1/s1. The summed E-state index contributed by atoms with van der Waals surface area (Å²) in [7, 11) is 1.57. The topological polar surface area (TPSA) is 107 Å². The Morgan fingerprint density at radius 1 is 1.19 bits per heavy atom. The number of nitrogens with one attached hydrogen (secondary N) is 2. The Hall–Kier alpha value is -3.13. The molecule has 0 spiro atoms. The van der Waals surface area contributed by atoms with Gasteiger partial charge in [-0.05, 0) is 36.4 Å². The van der Waals surface area contributed by atoms with Gasteiger partial charge in [0.1, 0.15) is 17.6 Å². The van der Waals surface area contributed by atoms with Gasteiger partial charge in [-0.3, -0.25) is 4.79 Å². The number of hydrogen-bond donors (Lipinski definition) is 3. The molecule has 0 radical (unpaired) electrons. The van der Waals surface area contributed by atoms with E-state index in [1.54, 1.807) is 7.11 Å². The molecule has 0 bridgehead atoms. The molecule has 2 aromatic rings. The van der Waals surface area contributed by atoms with Crippen LogP contribution in [0.25, 0.3) is 0 Å². The molecule has 1 atom stereocenters. The normalized spacial score (nSPS) is 11.5. The zero-order valence-electron chi connectivity index (χ0n) is 14.9. The molecule has 7 nitrogen and oxygen atoms in total. The molecule has 0 aromatic heterocycles. The van der Waals surface area contributed by atoms with Crippen molar-refractivity contribution >= 4 is 23.3 Å². The fourth-order valence-corrected chi connectivity index (χ4v) is 2.49. The van der Waals surface area contributed by atoms with E-state index in [0.717, 1.165) is 5.69 Å². The van der Waals surface area contributed by atoms with Gasteiger partial charge in [0, 0.05) is 5.69 Å². The third kappa shape index (κ3) is 6.59. The SMILES string of the molecule is COc1ccccc1NCC[NH2+][C@H](CC(=O)Nc1ccc(F)cc1)C(=O)[O-]. The second-order valence-electron chi connectivity index (χ2n) is 5.84. The highest BCUT2D eigenvalue weighted by Crippen LogP contribution is 2.22. The smallest absolute Gasteiger partial charge is 0.230 e. The van der Waals surface area contributed by atoms with Crippen LogP contribution in [0.5, 0.6) is 5.75 Å². The van der Waals surface area contributed by atoms with E-state index in [-0.39, 0.29) is 6.42 Å². The summed E-state index contributed by atoms with van der Waals surface area (Å²) in [5.74, 6) is -1.53. The summed E-state index contributed by atoms with van der Waals surface area (Å²) in [5.41, 5.74) is 1.20. The van der Waals surface area contributed by atoms with E-state index in [2.05, 4.69) is 10.6 Å². The van der Waals surface area contributed by atoms with E-state index in [9.17, 15) is 19.1 Å². The minimum atomic E-state index is -1.32. The molecule has 27 heavy (non-hydrogen) atoms. The molecular weight excluding hydrogens is 353 g/mol. The molecule has 8 heteroatoms. The Balaban J connectivity index is 1.80. The number of rotatable bonds is 10. The number of quaternary nitrogens is 1. The van der Waals surface area contributed by atoms with E-state index in [0.29, 0.717) is 24.5 Å². The number of carbonyl (C=O) groups is 2. The highest BCUT2D eigenvalue weighted by atomic mass is 19.1. The predicted octanol–water partition coefficient (Wildman–Crippen LogP) is -0.0431. The number of methoxy groups -OCH3 is 1. The first-order chi connectivity index (χ1) is 13.0. The van der Waals surface area contributed by atoms with Crippen LogP contribution in [0.1, 0.15) is 6.42 Å². The molecule has 0 aliphatic carbocycles. The van der Waals surface area contributed by atoms with Crippen LogP contribution in [-0.2, 0) is 9.59 Å². The zero-order chi connectivity index (χ0) is 19.6. The third-order valence-corrected chi connectivity index (χ3v) is 3.85. The number of benzene rings is 2. The monoisotopic (exact) mass is 375 g/mol. The molecule has 144 valence electrons. The highest BCUT2D eigenvalue weighted by molar-refractivity contribution is 5.93. The number of hydrogen-bond acceptors (Lipinski definition) is 5. The van der Waals surface area contributed by atoms with E-state index in [1.165, 1.54) is 29.6 Å². The number of amides is 1. The number of anilines is 2. The molecule has 0 heterocycles. The van der Waals surface area contributed by atoms with Crippen molar-refractivity contribution in [1.82, 2.24) is 0 Å². The van der Waals surface area contributed by atoms with Crippen LogP contribution in [0, 0.1) is 5.82 Å². The van der Waals surface area contributed by atoms with Crippen LogP contribution in [0.4, 0.5) is 15.8 Å². The summed E-state index contributed by atoms with van der Waals surface area (Å²) in [6.45, 7) is 0.893. The van der Waals surface area contributed by atoms with Crippen LogP contribution < -0.4 is 25.8 Å². The lowest BCUT2D eigenvalue weighted by molar-refractivity contribution is -0.680. The number of halogens is 1. The first-order valence-electron chi connectivity index (χ1n) is 8.46. The van der Waals surface area contributed by atoms with Crippen molar-refractivity contribution in [3.63, 3.8) is 0 Å². The first kappa shape index (κ1) is 20.2. The zero-order valence-corrected chi connectivity index (χ0v) is 14.9. The number of carboxylic acids is 1. The van der Waals surface area contributed by atoms with Crippen molar-refractivity contribution in [3.8, 4) is 5.75 Å². The summed E-state index contributed by atoms with van der Waals surface area (Å²) in [6, 6.07) is 11.6. The molecular formula is C19H22FN3O4. The molecule has 0 fully saturated rings. The van der Waals surface area contributed by atoms with Crippen molar-refractivity contribution < 1.29 is 29.1 Å². The lowest BCUT2D eigenvalue weighted by Gasteiger charge is -2.17. The van der Waals surface area contributed by atoms with Crippen LogP contribution in [0.2, 0.25) is 0 Å². The maximum atomic E-state index is 12.9. The van der Waals surface area contributed by atoms with Crippen LogP contribution in [0.15, 0.2) is 48.5 Å². The van der Waals surface area contributed by atoms with E-state index in [1.807, 2.05) is 24.3 Å². The van der Waals surface area contributed by atoms with E-state index < -0.39 is 23.7 Å². The van der Waals surface area contributed by atoms with Gasteiger partial charge in [-0.1, -0.05) is 12.1 Å². The fraction of sp³-hybridized carbons (Fsp3) is 0.263. The summed E-state index contributed by atoms with van der Waals surface area (Å²) >= 11 is 0. The van der Waals surface area contributed by atoms with Gasteiger partial charge < -0.3 is 30.6 Å². The quantitative estimate of drug-likeness (QED) is 0.505. The number of nitrogens with two attached hydrogens (primary N) is 1. The largest absolute Gasteiger partial charge is 0.544 e. The average molecular weight is 375 g/mol. The van der Waals surface area contributed by atoms with Gasteiger partial charge >= 0.3 is 0 Å². The molecule has 0 saturated carbocycles. The molecule has 0 aliphatic heterocycles. The Labute approximate surface area is 156 Å². The Morgan fingerprint density at radius 2 is 1.89 bits per heavy atom. The van der Waals surface area contributed by atoms with Crippen LogP contribution in [0.3, 0.4) is 0 Å². The lowest BCUT2D eigenvalue weighted by Crippen LogP contribution is -2.94. The Bertz CT molecular complexity index is 768. The molecule has 0 aliphatic rings. The molecule has 1 amide bonds. The van der Waals surface area contributed by atoms with Crippen molar-refractivity contribution in [2.45, 2.75) is 12.5 Å². The summed E-state index contributed by atoms with van der Waals surface area (Å²) in [4.78, 5) is 23.3. The molecule has 0 saturated heterocycles. The predicted molar refractivity (Wildman–Crippen MR) is 96.7 cm³/mol. The number of carboxylic acid groups (broad SMARTS) is 1. The number of ether oxygens (including phenoxy) is 1. The summed E-state index contributed by atoms with van der Waals surface area (Å²) < 4.78 is 18.1. The number of carbonyl (C=O) groups excluding carboxylic acids is 2. The summed E-state index contributed by atoms with van der Waals surface area (Å²) in [5, 5.41) is 18.5. The van der Waals surface area contributed by atoms with Crippen molar-refractivity contribution in [3.05, 3.63) is 54.3 Å². The lowest BCUT2D eigenvalue weighted by atomic mass is 10.2.